The molecule has 0 spiro atoms. The van der Waals surface area contributed by atoms with E-state index >= 15 is 0 Å². The van der Waals surface area contributed by atoms with Crippen LogP contribution in [0.5, 0.6) is 0 Å². The molecule has 1 aliphatic heterocycles. The highest BCUT2D eigenvalue weighted by molar-refractivity contribution is 7.98. The number of nitrogens with one attached hydrogen (secondary N) is 1. The topological polar surface area (TPSA) is 95.9 Å². The number of carbonyl (C=O) groups is 3. The van der Waals surface area contributed by atoms with Gasteiger partial charge in [0.05, 0.1) is 7.11 Å². The molecule has 7 nitrogen and oxygen atoms in total. The third-order valence-electron chi connectivity index (χ3n) is 3.19. The molecule has 1 unspecified atom stereocenters. The predicted molar refractivity (Wildman–Crippen MR) is 74.7 cm³/mol. The SMILES string of the molecule is COC(=O)C1CCCN1C(=O)N[C@@H](CCSC)C(=O)O. The fourth-order valence-electron chi connectivity index (χ4n) is 2.12. The molecule has 2 amide bonds. The van der Waals surface area contributed by atoms with Crippen LogP contribution < -0.4 is 5.32 Å². The number of ether oxygens (including phenoxy) is 1. The fraction of sp³-hybridized carbons (Fsp3) is 0.750. The Bertz CT molecular complexity index is 377. The van der Waals surface area contributed by atoms with Gasteiger partial charge in [-0.05, 0) is 31.3 Å². The van der Waals surface area contributed by atoms with Crippen molar-refractivity contribution in [1.29, 1.82) is 0 Å². The number of carbonyl (C=O) groups excluding carboxylic acids is 2. The number of aliphatic carboxylic acids is 1. The summed E-state index contributed by atoms with van der Waals surface area (Å²) in [5.74, 6) is -0.896. The Kier molecular flexibility index (Phi) is 6.63. The average Bonchev–Trinajstić information content (AvgIpc) is 2.91. The van der Waals surface area contributed by atoms with E-state index in [2.05, 4.69) is 10.1 Å². The summed E-state index contributed by atoms with van der Waals surface area (Å²) in [4.78, 5) is 36.1. The lowest BCUT2D eigenvalue weighted by molar-refractivity contribution is -0.144. The number of thioether (sulfide) groups is 1. The molecule has 20 heavy (non-hydrogen) atoms. The molecule has 8 heteroatoms. The van der Waals surface area contributed by atoms with Crippen LogP contribution in [0.4, 0.5) is 4.79 Å². The van der Waals surface area contributed by atoms with Gasteiger partial charge in [-0.1, -0.05) is 0 Å². The van der Waals surface area contributed by atoms with Gasteiger partial charge in [-0.3, -0.25) is 0 Å². The first-order chi connectivity index (χ1) is 9.51. The molecule has 0 aromatic rings. The van der Waals surface area contributed by atoms with Crippen LogP contribution in [0.15, 0.2) is 0 Å². The van der Waals surface area contributed by atoms with Gasteiger partial charge in [0.1, 0.15) is 12.1 Å². The van der Waals surface area contributed by atoms with E-state index in [9.17, 15) is 14.4 Å². The fourth-order valence-corrected chi connectivity index (χ4v) is 2.59. The highest BCUT2D eigenvalue weighted by Gasteiger charge is 2.36. The number of esters is 1. The molecule has 0 aromatic carbocycles. The monoisotopic (exact) mass is 304 g/mol. The van der Waals surface area contributed by atoms with Crippen LogP contribution in [0.3, 0.4) is 0 Å². The molecule has 0 radical (unpaired) electrons. The number of hydrogen-bond donors (Lipinski definition) is 2. The van der Waals surface area contributed by atoms with Gasteiger partial charge < -0.3 is 20.1 Å². The first kappa shape index (κ1) is 16.6. The Hall–Kier alpha value is -1.44. The summed E-state index contributed by atoms with van der Waals surface area (Å²) in [6.45, 7) is 0.431. The van der Waals surface area contributed by atoms with Crippen LogP contribution in [0.25, 0.3) is 0 Å². The lowest BCUT2D eigenvalue weighted by atomic mass is 10.2. The van der Waals surface area contributed by atoms with Crippen molar-refractivity contribution in [3.05, 3.63) is 0 Å². The second-order valence-corrected chi connectivity index (χ2v) is 5.48. The van der Waals surface area contributed by atoms with Gasteiger partial charge in [0, 0.05) is 6.54 Å². The molecule has 0 aliphatic carbocycles. The molecule has 0 aromatic heterocycles. The molecule has 0 saturated carbocycles. The minimum absolute atomic E-state index is 0.346. The van der Waals surface area contributed by atoms with E-state index in [1.807, 2.05) is 6.26 Å². The van der Waals surface area contributed by atoms with Crippen molar-refractivity contribution in [2.75, 3.05) is 25.7 Å². The number of amides is 2. The summed E-state index contributed by atoms with van der Waals surface area (Å²) in [6, 6.07) is -2.07. The van der Waals surface area contributed by atoms with Crippen molar-refractivity contribution in [3.8, 4) is 0 Å². The maximum Gasteiger partial charge on any atom is 0.328 e. The first-order valence-corrected chi connectivity index (χ1v) is 7.77. The minimum atomic E-state index is -1.07. The van der Waals surface area contributed by atoms with Gasteiger partial charge in [0.15, 0.2) is 0 Å². The molecule has 2 N–H and O–H groups in total. The number of carboxylic acid groups (broad SMARTS) is 1. The van der Waals surface area contributed by atoms with Crippen LogP contribution in [0.1, 0.15) is 19.3 Å². The van der Waals surface area contributed by atoms with Crippen molar-refractivity contribution in [1.82, 2.24) is 10.2 Å². The van der Waals surface area contributed by atoms with E-state index < -0.39 is 30.1 Å². The molecule has 0 bridgehead atoms. The van der Waals surface area contributed by atoms with Gasteiger partial charge in [-0.25, -0.2) is 14.4 Å². The summed E-state index contributed by atoms with van der Waals surface area (Å²) in [5, 5.41) is 11.5. The van der Waals surface area contributed by atoms with E-state index in [1.54, 1.807) is 0 Å². The molecule has 1 rings (SSSR count). The zero-order chi connectivity index (χ0) is 15.1. The number of hydrogen-bond acceptors (Lipinski definition) is 5. The first-order valence-electron chi connectivity index (χ1n) is 6.38. The molecule has 1 saturated heterocycles. The minimum Gasteiger partial charge on any atom is -0.480 e. The second-order valence-electron chi connectivity index (χ2n) is 4.50. The maximum atomic E-state index is 12.1. The van der Waals surface area contributed by atoms with Crippen molar-refractivity contribution in [2.45, 2.75) is 31.3 Å². The maximum absolute atomic E-state index is 12.1. The van der Waals surface area contributed by atoms with Gasteiger partial charge >= 0.3 is 18.0 Å². The van der Waals surface area contributed by atoms with Crippen LogP contribution in [-0.2, 0) is 14.3 Å². The molecule has 1 fully saturated rings. The Morgan fingerprint density at radius 1 is 1.50 bits per heavy atom. The van der Waals surface area contributed by atoms with Crippen molar-refractivity contribution >= 4 is 29.7 Å². The van der Waals surface area contributed by atoms with Gasteiger partial charge in [-0.15, -0.1) is 0 Å². The third kappa shape index (κ3) is 4.29. The summed E-state index contributed by atoms with van der Waals surface area (Å²) in [5.41, 5.74) is 0. The standard InChI is InChI=1S/C12H20N2O5S/c1-19-11(17)9-4-3-6-14(9)12(18)13-8(10(15)16)5-7-20-2/h8-9H,3-7H2,1-2H3,(H,13,18)(H,15,16)/t8-,9?/m0/s1. The Morgan fingerprint density at radius 3 is 2.75 bits per heavy atom. The summed E-state index contributed by atoms with van der Waals surface area (Å²) in [7, 11) is 1.27. The molecule has 114 valence electrons. The van der Waals surface area contributed by atoms with E-state index in [0.29, 0.717) is 31.6 Å². The molecule has 1 aliphatic rings. The highest BCUT2D eigenvalue weighted by Crippen LogP contribution is 2.18. The van der Waals surface area contributed by atoms with Gasteiger partial charge in [-0.2, -0.15) is 11.8 Å². The number of likely N-dealkylation sites (tertiary alicyclic amines) is 1. The lowest BCUT2D eigenvalue weighted by Gasteiger charge is -2.25. The third-order valence-corrected chi connectivity index (χ3v) is 3.84. The number of methoxy groups -OCH3 is 1. The number of rotatable bonds is 6. The Morgan fingerprint density at radius 2 is 2.20 bits per heavy atom. The van der Waals surface area contributed by atoms with Crippen LogP contribution in [-0.4, -0.2) is 65.7 Å². The number of urea groups is 1. The number of nitrogens with zero attached hydrogens (tertiary/aromatic N) is 1. The molecular formula is C12H20N2O5S. The van der Waals surface area contributed by atoms with E-state index in [4.69, 9.17) is 5.11 Å². The van der Waals surface area contributed by atoms with Crippen LogP contribution in [0, 0.1) is 0 Å². The van der Waals surface area contributed by atoms with Crippen molar-refractivity contribution in [3.63, 3.8) is 0 Å². The van der Waals surface area contributed by atoms with Crippen molar-refractivity contribution in [2.24, 2.45) is 0 Å². The second kappa shape index (κ2) is 7.98. The molecule has 2 atom stereocenters. The van der Waals surface area contributed by atoms with Gasteiger partial charge in [0.2, 0.25) is 0 Å². The van der Waals surface area contributed by atoms with Gasteiger partial charge in [0.25, 0.3) is 0 Å². The van der Waals surface area contributed by atoms with Crippen LogP contribution in [0.2, 0.25) is 0 Å². The smallest absolute Gasteiger partial charge is 0.328 e. The van der Waals surface area contributed by atoms with E-state index in [-0.39, 0.29) is 0 Å². The number of carboxylic acids is 1. The largest absolute Gasteiger partial charge is 0.480 e. The van der Waals surface area contributed by atoms with E-state index in [0.717, 1.165) is 0 Å². The van der Waals surface area contributed by atoms with Crippen molar-refractivity contribution < 1.29 is 24.2 Å². The lowest BCUT2D eigenvalue weighted by Crippen LogP contribution is -2.51. The van der Waals surface area contributed by atoms with E-state index in [1.165, 1.54) is 23.8 Å². The normalized spacial score (nSPS) is 19.5. The molecular weight excluding hydrogens is 284 g/mol. The zero-order valence-corrected chi connectivity index (χ0v) is 12.4. The average molecular weight is 304 g/mol. The predicted octanol–water partition coefficient (Wildman–Crippen LogP) is 0.540. The summed E-state index contributed by atoms with van der Waals surface area (Å²) >= 11 is 1.51. The summed E-state index contributed by atoms with van der Waals surface area (Å²) in [6.07, 6.45) is 3.46. The zero-order valence-electron chi connectivity index (χ0n) is 11.6. The van der Waals surface area contributed by atoms with Crippen LogP contribution >= 0.6 is 11.8 Å². The molecule has 1 heterocycles. The highest BCUT2D eigenvalue weighted by atomic mass is 32.2. The quantitative estimate of drug-likeness (QED) is 0.695. The summed E-state index contributed by atoms with van der Waals surface area (Å²) < 4.78 is 4.65. The Balaban J connectivity index is 2.63. The Labute approximate surface area is 122 Å².